The van der Waals surface area contributed by atoms with Gasteiger partial charge >= 0.3 is 0 Å². The standard InChI is InChI=1S/C15H13BrN2O3/c16-14-7-2-1-5-12(14)10-17-15(19)9-11-4-3-6-13(8-11)18(20)21/h1-8H,9-10H2,(H,17,19). The van der Waals surface area contributed by atoms with E-state index in [1.54, 1.807) is 12.1 Å². The van der Waals surface area contributed by atoms with Gasteiger partial charge in [-0.25, -0.2) is 0 Å². The second kappa shape index (κ2) is 6.99. The number of hydrogen-bond acceptors (Lipinski definition) is 3. The van der Waals surface area contributed by atoms with Crippen molar-refractivity contribution in [2.45, 2.75) is 13.0 Å². The first-order valence-corrected chi connectivity index (χ1v) is 7.09. The molecule has 0 aliphatic heterocycles. The van der Waals surface area contributed by atoms with Crippen LogP contribution in [0.15, 0.2) is 53.0 Å². The number of nitrogens with one attached hydrogen (secondary N) is 1. The maximum absolute atomic E-state index is 11.9. The molecular formula is C15H13BrN2O3. The van der Waals surface area contributed by atoms with Crippen molar-refractivity contribution in [3.05, 3.63) is 74.2 Å². The number of nitrogens with zero attached hydrogens (tertiary/aromatic N) is 1. The van der Waals surface area contributed by atoms with E-state index in [0.717, 1.165) is 10.0 Å². The lowest BCUT2D eigenvalue weighted by Crippen LogP contribution is -2.24. The second-order valence-electron chi connectivity index (χ2n) is 4.47. The van der Waals surface area contributed by atoms with Gasteiger partial charge in [0.1, 0.15) is 0 Å². The van der Waals surface area contributed by atoms with Crippen molar-refractivity contribution in [3.63, 3.8) is 0 Å². The molecule has 0 atom stereocenters. The number of nitro benzene ring substituents is 1. The minimum atomic E-state index is -0.470. The van der Waals surface area contributed by atoms with Gasteiger partial charge in [-0.2, -0.15) is 0 Å². The Morgan fingerprint density at radius 2 is 1.95 bits per heavy atom. The van der Waals surface area contributed by atoms with E-state index in [1.807, 2.05) is 24.3 Å². The van der Waals surface area contributed by atoms with Crippen molar-refractivity contribution in [3.8, 4) is 0 Å². The molecule has 0 unspecified atom stereocenters. The Kier molecular flexibility index (Phi) is 5.05. The third-order valence-corrected chi connectivity index (χ3v) is 3.69. The first-order valence-electron chi connectivity index (χ1n) is 6.29. The van der Waals surface area contributed by atoms with Gasteiger partial charge in [0.05, 0.1) is 11.3 Å². The molecule has 2 rings (SSSR count). The fraction of sp³-hybridized carbons (Fsp3) is 0.133. The summed E-state index contributed by atoms with van der Waals surface area (Å²) < 4.78 is 0.931. The lowest BCUT2D eigenvalue weighted by atomic mass is 10.1. The highest BCUT2D eigenvalue weighted by Gasteiger charge is 2.09. The highest BCUT2D eigenvalue weighted by molar-refractivity contribution is 9.10. The number of halogens is 1. The summed E-state index contributed by atoms with van der Waals surface area (Å²) in [6.45, 7) is 0.412. The number of rotatable bonds is 5. The van der Waals surface area contributed by atoms with Crippen LogP contribution in [-0.2, 0) is 17.8 Å². The van der Waals surface area contributed by atoms with Crippen LogP contribution in [0.5, 0.6) is 0 Å². The number of non-ortho nitro benzene ring substituents is 1. The SMILES string of the molecule is O=C(Cc1cccc([N+](=O)[O-])c1)NCc1ccccc1Br. The fourth-order valence-electron chi connectivity index (χ4n) is 1.86. The normalized spacial score (nSPS) is 10.1. The fourth-order valence-corrected chi connectivity index (χ4v) is 2.29. The summed E-state index contributed by atoms with van der Waals surface area (Å²) in [4.78, 5) is 22.1. The van der Waals surface area contributed by atoms with Crippen LogP contribution in [-0.4, -0.2) is 10.8 Å². The number of amides is 1. The molecule has 6 heteroatoms. The van der Waals surface area contributed by atoms with E-state index in [9.17, 15) is 14.9 Å². The average molecular weight is 349 g/mol. The van der Waals surface area contributed by atoms with Crippen LogP contribution in [0.1, 0.15) is 11.1 Å². The van der Waals surface area contributed by atoms with Gasteiger partial charge in [-0.15, -0.1) is 0 Å². The number of nitro groups is 1. The summed E-state index contributed by atoms with van der Waals surface area (Å²) in [6.07, 6.45) is 0.117. The van der Waals surface area contributed by atoms with Crippen LogP contribution in [0, 0.1) is 10.1 Å². The highest BCUT2D eigenvalue weighted by atomic mass is 79.9. The first kappa shape index (κ1) is 15.2. The van der Waals surface area contributed by atoms with Crippen molar-refractivity contribution >= 4 is 27.5 Å². The molecule has 1 amide bonds. The number of carbonyl (C=O) groups is 1. The van der Waals surface area contributed by atoms with Gasteiger partial charge in [-0.05, 0) is 17.2 Å². The maximum Gasteiger partial charge on any atom is 0.269 e. The largest absolute Gasteiger partial charge is 0.352 e. The topological polar surface area (TPSA) is 72.2 Å². The molecule has 108 valence electrons. The molecule has 0 heterocycles. The molecule has 0 fully saturated rings. The molecule has 5 nitrogen and oxygen atoms in total. The summed E-state index contributed by atoms with van der Waals surface area (Å²) in [5, 5.41) is 13.5. The summed E-state index contributed by atoms with van der Waals surface area (Å²) in [7, 11) is 0. The molecule has 0 aliphatic rings. The lowest BCUT2D eigenvalue weighted by Gasteiger charge is -2.07. The van der Waals surface area contributed by atoms with Crippen molar-refractivity contribution < 1.29 is 9.72 Å². The van der Waals surface area contributed by atoms with Crippen LogP contribution in [0.25, 0.3) is 0 Å². The third-order valence-electron chi connectivity index (χ3n) is 2.92. The maximum atomic E-state index is 11.9. The molecule has 0 aliphatic carbocycles. The zero-order valence-corrected chi connectivity index (χ0v) is 12.7. The molecule has 0 spiro atoms. The van der Waals surface area contributed by atoms with Gasteiger partial charge in [0, 0.05) is 23.2 Å². The summed E-state index contributed by atoms with van der Waals surface area (Å²) in [6, 6.07) is 13.7. The van der Waals surface area contributed by atoms with E-state index in [0.29, 0.717) is 12.1 Å². The van der Waals surface area contributed by atoms with Crippen molar-refractivity contribution in [1.82, 2.24) is 5.32 Å². The third kappa shape index (κ3) is 4.39. The van der Waals surface area contributed by atoms with Crippen molar-refractivity contribution in [2.75, 3.05) is 0 Å². The molecule has 0 bridgehead atoms. The Balaban J connectivity index is 1.95. The van der Waals surface area contributed by atoms with Gasteiger partial charge in [-0.1, -0.05) is 46.3 Å². The quantitative estimate of drug-likeness (QED) is 0.665. The average Bonchev–Trinajstić information content (AvgIpc) is 2.46. The molecule has 0 aromatic heterocycles. The predicted octanol–water partition coefficient (Wildman–Crippen LogP) is 3.22. The smallest absolute Gasteiger partial charge is 0.269 e. The summed E-state index contributed by atoms with van der Waals surface area (Å²) >= 11 is 3.41. The highest BCUT2D eigenvalue weighted by Crippen LogP contribution is 2.16. The lowest BCUT2D eigenvalue weighted by molar-refractivity contribution is -0.384. The van der Waals surface area contributed by atoms with E-state index in [2.05, 4.69) is 21.2 Å². The summed E-state index contributed by atoms with van der Waals surface area (Å²) in [5.74, 6) is -0.175. The van der Waals surface area contributed by atoms with Gasteiger partial charge in [0.25, 0.3) is 5.69 Å². The number of hydrogen-bond donors (Lipinski definition) is 1. The van der Waals surface area contributed by atoms with Crippen molar-refractivity contribution in [2.24, 2.45) is 0 Å². The van der Waals surface area contributed by atoms with E-state index in [4.69, 9.17) is 0 Å². The van der Waals surface area contributed by atoms with Crippen LogP contribution in [0.2, 0.25) is 0 Å². The van der Waals surface area contributed by atoms with Crippen LogP contribution in [0.4, 0.5) is 5.69 Å². The number of carbonyl (C=O) groups excluding carboxylic acids is 1. The Bertz CT molecular complexity index is 673. The van der Waals surface area contributed by atoms with Crippen LogP contribution in [0.3, 0.4) is 0 Å². The molecule has 2 aromatic carbocycles. The molecule has 21 heavy (non-hydrogen) atoms. The van der Waals surface area contributed by atoms with Gasteiger partial charge < -0.3 is 5.32 Å². The Morgan fingerprint density at radius 1 is 1.19 bits per heavy atom. The van der Waals surface area contributed by atoms with E-state index in [1.165, 1.54) is 12.1 Å². The monoisotopic (exact) mass is 348 g/mol. The molecule has 0 radical (unpaired) electrons. The minimum Gasteiger partial charge on any atom is -0.352 e. The zero-order chi connectivity index (χ0) is 15.2. The van der Waals surface area contributed by atoms with Crippen LogP contribution < -0.4 is 5.32 Å². The van der Waals surface area contributed by atoms with E-state index >= 15 is 0 Å². The van der Waals surface area contributed by atoms with E-state index in [-0.39, 0.29) is 18.0 Å². The first-order chi connectivity index (χ1) is 10.1. The van der Waals surface area contributed by atoms with Gasteiger partial charge in [0.15, 0.2) is 0 Å². The number of benzene rings is 2. The Morgan fingerprint density at radius 3 is 2.67 bits per heavy atom. The Labute approximate surface area is 130 Å². The second-order valence-corrected chi connectivity index (χ2v) is 5.33. The molecular weight excluding hydrogens is 336 g/mol. The predicted molar refractivity (Wildman–Crippen MR) is 82.8 cm³/mol. The summed E-state index contributed by atoms with van der Waals surface area (Å²) in [5.41, 5.74) is 1.59. The minimum absolute atomic E-state index is 0.00824. The van der Waals surface area contributed by atoms with E-state index < -0.39 is 4.92 Å². The molecule has 0 saturated heterocycles. The molecule has 1 N–H and O–H groups in total. The zero-order valence-electron chi connectivity index (χ0n) is 11.1. The van der Waals surface area contributed by atoms with Gasteiger partial charge in [0.2, 0.25) is 5.91 Å². The molecule has 2 aromatic rings. The van der Waals surface area contributed by atoms with Gasteiger partial charge in [-0.3, -0.25) is 14.9 Å². The van der Waals surface area contributed by atoms with Crippen molar-refractivity contribution in [1.29, 1.82) is 0 Å². The van der Waals surface area contributed by atoms with Crippen LogP contribution >= 0.6 is 15.9 Å². The Hall–Kier alpha value is -2.21. The molecule has 0 saturated carbocycles.